The number of carbonyl (C=O) groups excluding carboxylic acids is 2. The summed E-state index contributed by atoms with van der Waals surface area (Å²) in [4.78, 5) is 26.5. The second kappa shape index (κ2) is 7.68. The van der Waals surface area contributed by atoms with E-state index in [1.807, 2.05) is 0 Å². The first-order chi connectivity index (χ1) is 11.5. The van der Waals surface area contributed by atoms with E-state index in [-0.39, 0.29) is 23.3 Å². The molecular formula is C15H15N5O4. The van der Waals surface area contributed by atoms with Gasteiger partial charge < -0.3 is 20.5 Å². The smallest absolute Gasteiger partial charge is 0.437 e. The molecule has 0 atom stereocenters. The van der Waals surface area contributed by atoms with Crippen molar-refractivity contribution in [3.05, 3.63) is 36.4 Å². The lowest BCUT2D eigenvalue weighted by atomic mass is 10.3. The van der Waals surface area contributed by atoms with Crippen molar-refractivity contribution >= 4 is 35.1 Å². The number of carbonyl (C=O) groups is 2. The Labute approximate surface area is 137 Å². The van der Waals surface area contributed by atoms with Crippen molar-refractivity contribution < 1.29 is 19.1 Å². The molecule has 2 aromatic rings. The molecule has 3 N–H and O–H groups in total. The van der Waals surface area contributed by atoms with Crippen molar-refractivity contribution in [2.75, 3.05) is 18.2 Å². The van der Waals surface area contributed by atoms with Gasteiger partial charge in [0.15, 0.2) is 11.6 Å². The molecule has 0 bridgehead atoms. The fourth-order valence-corrected chi connectivity index (χ4v) is 1.67. The third-order valence-electron chi connectivity index (χ3n) is 2.68. The molecule has 0 aliphatic carbocycles. The Kier molecular flexibility index (Phi) is 5.40. The van der Waals surface area contributed by atoms with Crippen LogP contribution >= 0.6 is 0 Å². The zero-order chi connectivity index (χ0) is 17.5. The van der Waals surface area contributed by atoms with Gasteiger partial charge in [-0.05, 0) is 24.3 Å². The highest BCUT2D eigenvalue weighted by atomic mass is 16.7. The van der Waals surface area contributed by atoms with Crippen molar-refractivity contribution in [1.29, 1.82) is 0 Å². The molecular weight excluding hydrogens is 314 g/mol. The number of hydrogen-bond acceptors (Lipinski definition) is 8. The largest absolute Gasteiger partial charge is 0.513 e. The lowest BCUT2D eigenvalue weighted by Gasteiger charge is -2.06. The maximum Gasteiger partial charge on any atom is 0.513 e. The minimum absolute atomic E-state index is 0.178. The van der Waals surface area contributed by atoms with Crippen molar-refractivity contribution in [2.45, 2.75) is 6.92 Å². The van der Waals surface area contributed by atoms with Gasteiger partial charge in [-0.2, -0.15) is 0 Å². The maximum atomic E-state index is 11.2. The first-order valence-corrected chi connectivity index (χ1v) is 6.80. The lowest BCUT2D eigenvalue weighted by Crippen LogP contribution is -2.08. The Balaban J connectivity index is 2.31. The van der Waals surface area contributed by atoms with Gasteiger partial charge >= 0.3 is 6.16 Å². The zero-order valence-corrected chi connectivity index (χ0v) is 13.0. The number of methoxy groups -OCH3 is 1. The summed E-state index contributed by atoms with van der Waals surface area (Å²) >= 11 is 0. The molecule has 2 rings (SSSR count). The summed E-state index contributed by atoms with van der Waals surface area (Å²) < 4.78 is 9.42. The van der Waals surface area contributed by atoms with Crippen LogP contribution in [0.5, 0.6) is 5.75 Å². The Morgan fingerprint density at radius 1 is 1.12 bits per heavy atom. The summed E-state index contributed by atoms with van der Waals surface area (Å²) in [5, 5.41) is 10.6. The van der Waals surface area contributed by atoms with Crippen LogP contribution in [0.1, 0.15) is 6.92 Å². The minimum atomic E-state index is -0.870. The monoisotopic (exact) mass is 329 g/mol. The van der Waals surface area contributed by atoms with Crippen LogP contribution in [-0.4, -0.2) is 24.2 Å². The van der Waals surface area contributed by atoms with E-state index in [9.17, 15) is 9.59 Å². The number of hydrogen-bond donors (Lipinski definition) is 2. The molecule has 9 nitrogen and oxygen atoms in total. The number of aromatic nitrogens is 1. The molecule has 0 aliphatic heterocycles. The highest BCUT2D eigenvalue weighted by Crippen LogP contribution is 2.31. The second-order valence-electron chi connectivity index (χ2n) is 4.51. The first kappa shape index (κ1) is 16.9. The molecule has 0 spiro atoms. The number of nitrogens with two attached hydrogens (primary N) is 1. The van der Waals surface area contributed by atoms with E-state index in [1.54, 1.807) is 30.3 Å². The summed E-state index contributed by atoms with van der Waals surface area (Å²) in [5.41, 5.74) is 6.20. The minimum Gasteiger partial charge on any atom is -0.437 e. The van der Waals surface area contributed by atoms with Crippen LogP contribution in [0.2, 0.25) is 0 Å². The van der Waals surface area contributed by atoms with Crippen molar-refractivity contribution in [3.63, 3.8) is 0 Å². The number of nitrogen functional groups attached to an aromatic ring is 1. The van der Waals surface area contributed by atoms with E-state index in [4.69, 9.17) is 10.5 Å². The predicted octanol–water partition coefficient (Wildman–Crippen LogP) is 3.18. The van der Waals surface area contributed by atoms with Gasteiger partial charge in [0.1, 0.15) is 17.2 Å². The number of pyridine rings is 1. The fourth-order valence-electron chi connectivity index (χ4n) is 1.67. The number of anilines is 2. The van der Waals surface area contributed by atoms with Crippen LogP contribution in [0.15, 0.2) is 46.6 Å². The molecule has 0 fully saturated rings. The fraction of sp³-hybridized carbons (Fsp3) is 0.133. The number of para-hydroxylation sites is 1. The SMILES string of the molecule is COC(=O)Oc1ccccc1N=Nc1ccc(N)nc1NC(C)=O. The number of amides is 1. The van der Waals surface area contributed by atoms with E-state index >= 15 is 0 Å². The Morgan fingerprint density at radius 2 is 1.83 bits per heavy atom. The van der Waals surface area contributed by atoms with Crippen LogP contribution in [0.3, 0.4) is 0 Å². The lowest BCUT2D eigenvalue weighted by molar-refractivity contribution is -0.114. The maximum absolute atomic E-state index is 11.2. The van der Waals surface area contributed by atoms with Gasteiger partial charge in [0, 0.05) is 6.92 Å². The number of nitrogens with one attached hydrogen (secondary N) is 1. The van der Waals surface area contributed by atoms with Gasteiger partial charge in [0.25, 0.3) is 0 Å². The molecule has 9 heteroatoms. The van der Waals surface area contributed by atoms with Crippen LogP contribution < -0.4 is 15.8 Å². The number of ether oxygens (including phenoxy) is 2. The summed E-state index contributed by atoms with van der Waals surface area (Å²) in [7, 11) is 1.20. The molecule has 0 aliphatic rings. The molecule has 0 radical (unpaired) electrons. The highest BCUT2D eigenvalue weighted by Gasteiger charge is 2.10. The van der Waals surface area contributed by atoms with Crippen molar-refractivity contribution in [2.24, 2.45) is 10.2 Å². The molecule has 1 amide bonds. The van der Waals surface area contributed by atoms with Crippen molar-refractivity contribution in [3.8, 4) is 5.75 Å². The van der Waals surface area contributed by atoms with Gasteiger partial charge in [-0.25, -0.2) is 9.78 Å². The quantitative estimate of drug-likeness (QED) is 0.503. The van der Waals surface area contributed by atoms with Crippen LogP contribution in [-0.2, 0) is 9.53 Å². The van der Waals surface area contributed by atoms with Gasteiger partial charge in [-0.3, -0.25) is 4.79 Å². The van der Waals surface area contributed by atoms with Gasteiger partial charge in [0.2, 0.25) is 5.91 Å². The van der Waals surface area contributed by atoms with E-state index < -0.39 is 6.16 Å². The van der Waals surface area contributed by atoms with Crippen LogP contribution in [0.4, 0.5) is 27.8 Å². The Bertz CT molecular complexity index is 791. The molecule has 24 heavy (non-hydrogen) atoms. The van der Waals surface area contributed by atoms with Gasteiger partial charge in [0.05, 0.1) is 7.11 Å². The van der Waals surface area contributed by atoms with E-state index in [0.29, 0.717) is 11.4 Å². The normalized spacial score (nSPS) is 10.4. The zero-order valence-electron chi connectivity index (χ0n) is 13.0. The predicted molar refractivity (Wildman–Crippen MR) is 86.6 cm³/mol. The summed E-state index contributed by atoms with van der Waals surface area (Å²) in [6.45, 7) is 1.34. The van der Waals surface area contributed by atoms with E-state index in [2.05, 4.69) is 25.3 Å². The van der Waals surface area contributed by atoms with Crippen molar-refractivity contribution in [1.82, 2.24) is 4.98 Å². The Hall–Kier alpha value is -3.49. The molecule has 0 saturated carbocycles. The van der Waals surface area contributed by atoms with Crippen LogP contribution in [0, 0.1) is 0 Å². The number of azo groups is 1. The molecule has 0 saturated heterocycles. The average molecular weight is 329 g/mol. The second-order valence-corrected chi connectivity index (χ2v) is 4.51. The first-order valence-electron chi connectivity index (χ1n) is 6.80. The molecule has 0 unspecified atom stereocenters. The summed E-state index contributed by atoms with van der Waals surface area (Å²) in [6.07, 6.45) is -0.870. The van der Waals surface area contributed by atoms with E-state index in [0.717, 1.165) is 0 Å². The highest BCUT2D eigenvalue weighted by molar-refractivity contribution is 5.90. The number of benzene rings is 1. The van der Waals surface area contributed by atoms with E-state index in [1.165, 1.54) is 20.1 Å². The summed E-state index contributed by atoms with van der Waals surface area (Å²) in [5.74, 6) is 0.265. The third kappa shape index (κ3) is 4.50. The molecule has 1 aromatic carbocycles. The van der Waals surface area contributed by atoms with Gasteiger partial charge in [-0.15, -0.1) is 10.2 Å². The topological polar surface area (TPSA) is 128 Å². The standard InChI is InChI=1S/C15H15N5O4/c1-9(21)17-14-11(7-8-13(16)18-14)20-19-10-5-3-4-6-12(10)24-15(22)23-2/h3-8H,1-2H3,(H3,16,17,18,21). The van der Waals surface area contributed by atoms with Crippen LogP contribution in [0.25, 0.3) is 0 Å². The summed E-state index contributed by atoms with van der Waals surface area (Å²) in [6, 6.07) is 9.60. The molecule has 124 valence electrons. The average Bonchev–Trinajstić information content (AvgIpc) is 2.54. The van der Waals surface area contributed by atoms with Gasteiger partial charge in [-0.1, -0.05) is 12.1 Å². The number of nitrogens with zero attached hydrogens (tertiary/aromatic N) is 3. The molecule has 1 heterocycles. The molecule has 1 aromatic heterocycles. The number of rotatable bonds is 4. The Morgan fingerprint density at radius 3 is 2.54 bits per heavy atom. The third-order valence-corrected chi connectivity index (χ3v) is 2.68.